The zero-order valence-corrected chi connectivity index (χ0v) is 15.4. The third-order valence-corrected chi connectivity index (χ3v) is 5.81. The topological polar surface area (TPSA) is 56.2 Å². The van der Waals surface area contributed by atoms with Crippen molar-refractivity contribution in [2.24, 2.45) is 0 Å². The smallest absolute Gasteiger partial charge is 0.162 e. The van der Waals surface area contributed by atoms with E-state index < -0.39 is 0 Å². The number of aliphatic hydroxyl groups excluding tert-OH is 1. The summed E-state index contributed by atoms with van der Waals surface area (Å²) in [4.78, 5) is 5.05. The van der Waals surface area contributed by atoms with Crippen molar-refractivity contribution in [3.05, 3.63) is 23.8 Å². The number of phenols is 1. The van der Waals surface area contributed by atoms with Gasteiger partial charge in [-0.2, -0.15) is 0 Å². The molecule has 5 nitrogen and oxygen atoms in total. The number of hydrogen-bond acceptors (Lipinski definition) is 5. The van der Waals surface area contributed by atoms with Crippen LogP contribution in [0.2, 0.25) is 0 Å². The molecule has 5 heteroatoms. The van der Waals surface area contributed by atoms with Gasteiger partial charge in [-0.3, -0.25) is 9.80 Å². The van der Waals surface area contributed by atoms with Gasteiger partial charge in [0.1, 0.15) is 0 Å². The van der Waals surface area contributed by atoms with Crippen LogP contribution in [-0.2, 0) is 6.54 Å². The number of hydrogen-bond donors (Lipinski definition) is 2. The molecule has 0 unspecified atom stereocenters. The Morgan fingerprint density at radius 1 is 1.16 bits per heavy atom. The van der Waals surface area contributed by atoms with Crippen LogP contribution in [0.25, 0.3) is 0 Å². The predicted molar refractivity (Wildman–Crippen MR) is 99.0 cm³/mol. The molecule has 1 aliphatic carbocycles. The second-order valence-electron chi connectivity index (χ2n) is 7.40. The van der Waals surface area contributed by atoms with Crippen molar-refractivity contribution in [3.63, 3.8) is 0 Å². The molecule has 1 aromatic carbocycles. The molecule has 1 atom stereocenters. The maximum absolute atomic E-state index is 10.3. The maximum atomic E-state index is 10.3. The molecule has 0 aromatic heterocycles. The van der Waals surface area contributed by atoms with Crippen molar-refractivity contribution < 1.29 is 14.9 Å². The van der Waals surface area contributed by atoms with Gasteiger partial charge in [0.15, 0.2) is 11.5 Å². The second-order valence-corrected chi connectivity index (χ2v) is 7.40. The van der Waals surface area contributed by atoms with E-state index in [1.807, 2.05) is 12.1 Å². The molecule has 0 radical (unpaired) electrons. The van der Waals surface area contributed by atoms with Crippen LogP contribution >= 0.6 is 0 Å². The SMILES string of the molecule is COc1cccc(CN2CCN(C3CCCCC3)[C@@H](CCO)C2)c1O. The monoisotopic (exact) mass is 348 g/mol. The van der Waals surface area contributed by atoms with Gasteiger partial charge < -0.3 is 14.9 Å². The molecule has 0 spiro atoms. The van der Waals surface area contributed by atoms with E-state index in [4.69, 9.17) is 4.74 Å². The van der Waals surface area contributed by atoms with Gasteiger partial charge in [-0.1, -0.05) is 31.4 Å². The number of nitrogens with zero attached hydrogens (tertiary/aromatic N) is 2. The lowest BCUT2D eigenvalue weighted by Crippen LogP contribution is -2.56. The number of ether oxygens (including phenoxy) is 1. The van der Waals surface area contributed by atoms with E-state index in [9.17, 15) is 10.2 Å². The van der Waals surface area contributed by atoms with Crippen LogP contribution in [0.15, 0.2) is 18.2 Å². The molecule has 2 fully saturated rings. The molecule has 1 aliphatic heterocycles. The van der Waals surface area contributed by atoms with E-state index in [1.165, 1.54) is 32.1 Å². The van der Waals surface area contributed by atoms with Crippen LogP contribution in [-0.4, -0.2) is 65.4 Å². The summed E-state index contributed by atoms with van der Waals surface area (Å²) in [6, 6.07) is 6.78. The van der Waals surface area contributed by atoms with Gasteiger partial charge in [0, 0.05) is 50.4 Å². The number of aromatic hydroxyl groups is 1. The highest BCUT2D eigenvalue weighted by atomic mass is 16.5. The van der Waals surface area contributed by atoms with Crippen LogP contribution in [0.5, 0.6) is 11.5 Å². The standard InChI is InChI=1S/C20H32N2O3/c1-25-19-9-5-6-16(20(19)24)14-21-11-12-22(18(15-21)10-13-23)17-7-3-2-4-8-17/h5-6,9,17-18,23-24H,2-4,7-8,10-15H2,1H3/t18-/m0/s1. The largest absolute Gasteiger partial charge is 0.504 e. The van der Waals surface area contributed by atoms with Crippen LogP contribution in [0, 0.1) is 0 Å². The molecule has 25 heavy (non-hydrogen) atoms. The molecule has 1 aromatic rings. The number of phenolic OH excluding ortho intramolecular Hbond substituents is 1. The van der Waals surface area contributed by atoms with Crippen molar-refractivity contribution in [2.75, 3.05) is 33.4 Å². The average molecular weight is 348 g/mol. The quantitative estimate of drug-likeness (QED) is 0.828. The number of methoxy groups -OCH3 is 1. The Morgan fingerprint density at radius 3 is 2.68 bits per heavy atom. The highest BCUT2D eigenvalue weighted by molar-refractivity contribution is 5.45. The van der Waals surface area contributed by atoms with E-state index in [2.05, 4.69) is 9.80 Å². The first-order chi connectivity index (χ1) is 12.2. The summed E-state index contributed by atoms with van der Waals surface area (Å²) in [6.45, 7) is 3.98. The molecule has 0 bridgehead atoms. The molecular formula is C20H32N2O3. The average Bonchev–Trinajstić information content (AvgIpc) is 2.65. The normalized spacial score (nSPS) is 23.7. The Balaban J connectivity index is 1.65. The summed E-state index contributed by atoms with van der Waals surface area (Å²) in [7, 11) is 1.58. The van der Waals surface area contributed by atoms with E-state index in [1.54, 1.807) is 13.2 Å². The number of aliphatic hydroxyl groups is 1. The maximum Gasteiger partial charge on any atom is 0.162 e. The van der Waals surface area contributed by atoms with Gasteiger partial charge in [0.05, 0.1) is 7.11 Å². The minimum Gasteiger partial charge on any atom is -0.504 e. The van der Waals surface area contributed by atoms with Gasteiger partial charge in [0.25, 0.3) is 0 Å². The van der Waals surface area contributed by atoms with E-state index >= 15 is 0 Å². The van der Waals surface area contributed by atoms with Crippen LogP contribution < -0.4 is 4.74 Å². The summed E-state index contributed by atoms with van der Waals surface area (Å²) < 4.78 is 5.22. The fraction of sp³-hybridized carbons (Fsp3) is 0.700. The Hall–Kier alpha value is -1.30. The van der Waals surface area contributed by atoms with Crippen molar-refractivity contribution >= 4 is 0 Å². The van der Waals surface area contributed by atoms with Crippen LogP contribution in [0.3, 0.4) is 0 Å². The third-order valence-electron chi connectivity index (χ3n) is 5.81. The Labute approximate surface area is 151 Å². The van der Waals surface area contributed by atoms with Gasteiger partial charge in [0.2, 0.25) is 0 Å². The molecule has 140 valence electrons. The molecule has 0 amide bonds. The lowest BCUT2D eigenvalue weighted by Gasteiger charge is -2.46. The first-order valence-electron chi connectivity index (χ1n) is 9.66. The Kier molecular flexibility index (Phi) is 6.57. The number of piperazine rings is 1. The van der Waals surface area contributed by atoms with Crippen LogP contribution in [0.4, 0.5) is 0 Å². The van der Waals surface area contributed by atoms with Crippen molar-refractivity contribution in [3.8, 4) is 11.5 Å². The highest BCUT2D eigenvalue weighted by Gasteiger charge is 2.32. The third kappa shape index (κ3) is 4.46. The second kappa shape index (κ2) is 8.88. The summed E-state index contributed by atoms with van der Waals surface area (Å²) in [5.41, 5.74) is 0.910. The molecule has 2 aliphatic rings. The Bertz CT molecular complexity index is 546. The first-order valence-corrected chi connectivity index (χ1v) is 9.66. The molecule has 3 rings (SSSR count). The van der Waals surface area contributed by atoms with Gasteiger partial charge in [-0.05, 0) is 25.3 Å². The van der Waals surface area contributed by atoms with E-state index in [0.29, 0.717) is 17.8 Å². The minimum atomic E-state index is 0.242. The minimum absolute atomic E-state index is 0.242. The van der Waals surface area contributed by atoms with Gasteiger partial charge in [-0.25, -0.2) is 0 Å². The van der Waals surface area contributed by atoms with E-state index in [-0.39, 0.29) is 12.4 Å². The number of rotatable bonds is 6. The first kappa shape index (κ1) is 18.5. The summed E-state index contributed by atoms with van der Waals surface area (Å²) in [5, 5.41) is 19.9. The zero-order valence-electron chi connectivity index (χ0n) is 15.4. The Morgan fingerprint density at radius 2 is 1.96 bits per heavy atom. The van der Waals surface area contributed by atoms with Crippen LogP contribution in [0.1, 0.15) is 44.1 Å². The lowest BCUT2D eigenvalue weighted by atomic mass is 9.91. The molecule has 1 saturated heterocycles. The molecular weight excluding hydrogens is 316 g/mol. The molecule has 2 N–H and O–H groups in total. The fourth-order valence-electron chi connectivity index (χ4n) is 4.48. The van der Waals surface area contributed by atoms with Crippen molar-refractivity contribution in [1.29, 1.82) is 0 Å². The number of para-hydroxylation sites is 1. The highest BCUT2D eigenvalue weighted by Crippen LogP contribution is 2.32. The predicted octanol–water partition coefficient (Wildman–Crippen LogP) is 2.60. The van der Waals surface area contributed by atoms with E-state index in [0.717, 1.165) is 38.2 Å². The zero-order chi connectivity index (χ0) is 17.6. The summed E-state index contributed by atoms with van der Waals surface area (Å²) in [5.74, 6) is 0.781. The molecule has 1 saturated carbocycles. The van der Waals surface area contributed by atoms with Crippen molar-refractivity contribution in [1.82, 2.24) is 9.80 Å². The summed E-state index contributed by atoms with van der Waals surface area (Å²) >= 11 is 0. The molecule has 1 heterocycles. The lowest BCUT2D eigenvalue weighted by molar-refractivity contribution is 0.0134. The van der Waals surface area contributed by atoms with Gasteiger partial charge in [-0.15, -0.1) is 0 Å². The number of benzene rings is 1. The van der Waals surface area contributed by atoms with Gasteiger partial charge >= 0.3 is 0 Å². The van der Waals surface area contributed by atoms with Crippen molar-refractivity contribution in [2.45, 2.75) is 57.2 Å². The fourth-order valence-corrected chi connectivity index (χ4v) is 4.48. The summed E-state index contributed by atoms with van der Waals surface area (Å²) in [6.07, 6.45) is 7.49.